The molecule has 0 aliphatic heterocycles. The van der Waals surface area contributed by atoms with Gasteiger partial charge in [-0.1, -0.05) is 12.1 Å². The van der Waals surface area contributed by atoms with Gasteiger partial charge >= 0.3 is 59.1 Å². The topological polar surface area (TPSA) is 133 Å². The Bertz CT molecular complexity index is 611. The minimum absolute atomic E-state index is 0. The van der Waals surface area contributed by atoms with E-state index in [1.807, 2.05) is 0 Å². The molecule has 0 aliphatic carbocycles. The summed E-state index contributed by atoms with van der Waals surface area (Å²) in [5, 5.41) is 12.7. The van der Waals surface area contributed by atoms with Crippen LogP contribution in [0.3, 0.4) is 0 Å². The molecule has 1 aromatic rings. The van der Waals surface area contributed by atoms with Crippen LogP contribution in [0.4, 0.5) is 5.69 Å². The third kappa shape index (κ3) is 12.4. The summed E-state index contributed by atoms with van der Waals surface area (Å²) in [5.74, 6) is -2.28. The van der Waals surface area contributed by atoms with Gasteiger partial charge < -0.3 is 25.5 Å². The van der Waals surface area contributed by atoms with Gasteiger partial charge in [-0.15, -0.1) is 6.08 Å². The molecule has 1 rings (SSSR count). The molecular formula is C15H12NNa2O6-. The van der Waals surface area contributed by atoms with E-state index in [4.69, 9.17) is 0 Å². The molecule has 0 bridgehead atoms. The maximum atomic E-state index is 11.4. The number of carbonyl (C=O) groups excluding carboxylic acids is 4. The molecule has 9 heteroatoms. The minimum atomic E-state index is -1.43. The Morgan fingerprint density at radius 3 is 2.12 bits per heavy atom. The SMILES string of the molecule is O=[C-]/C=C\C(=O)Nc1ccc(CC(=O)/C=C\C(=O)[O-])cc1.[Na+].[Na+].[OH-]. The van der Waals surface area contributed by atoms with Crippen LogP contribution in [0.15, 0.2) is 48.6 Å². The van der Waals surface area contributed by atoms with Crippen molar-refractivity contribution in [3.05, 3.63) is 54.1 Å². The molecular weight excluding hydrogens is 336 g/mol. The first kappa shape index (κ1) is 27.8. The van der Waals surface area contributed by atoms with Gasteiger partial charge in [0.25, 0.3) is 0 Å². The van der Waals surface area contributed by atoms with Crippen LogP contribution in [0.25, 0.3) is 0 Å². The minimum Gasteiger partial charge on any atom is -0.870 e. The van der Waals surface area contributed by atoms with E-state index in [0.29, 0.717) is 17.3 Å². The van der Waals surface area contributed by atoms with E-state index in [0.717, 1.165) is 18.2 Å². The van der Waals surface area contributed by atoms with Gasteiger partial charge in [-0.05, 0) is 36.1 Å². The third-order valence-electron chi connectivity index (χ3n) is 2.31. The molecule has 0 saturated heterocycles. The molecule has 0 radical (unpaired) electrons. The molecule has 0 heterocycles. The molecule has 0 aliphatic rings. The van der Waals surface area contributed by atoms with Crippen molar-refractivity contribution in [2.75, 3.05) is 5.32 Å². The van der Waals surface area contributed by atoms with E-state index in [9.17, 15) is 24.3 Å². The van der Waals surface area contributed by atoms with Crippen molar-refractivity contribution in [1.29, 1.82) is 0 Å². The van der Waals surface area contributed by atoms with Crippen molar-refractivity contribution in [2.45, 2.75) is 6.42 Å². The van der Waals surface area contributed by atoms with E-state index >= 15 is 0 Å². The Labute approximate surface area is 183 Å². The van der Waals surface area contributed by atoms with Crippen molar-refractivity contribution >= 4 is 29.6 Å². The average Bonchev–Trinajstić information content (AvgIpc) is 2.45. The first-order chi connectivity index (χ1) is 10.0. The summed E-state index contributed by atoms with van der Waals surface area (Å²) < 4.78 is 0. The summed E-state index contributed by atoms with van der Waals surface area (Å²) >= 11 is 0. The Hall–Kier alpha value is -1.06. The van der Waals surface area contributed by atoms with Crippen molar-refractivity contribution in [1.82, 2.24) is 0 Å². The number of carbonyl (C=O) groups is 3. The second-order valence-corrected chi connectivity index (χ2v) is 3.93. The molecule has 116 valence electrons. The van der Waals surface area contributed by atoms with Crippen LogP contribution < -0.4 is 69.5 Å². The molecule has 0 atom stereocenters. The molecule has 0 unspecified atom stereocenters. The van der Waals surface area contributed by atoms with E-state index in [1.165, 1.54) is 6.29 Å². The average molecular weight is 348 g/mol. The third-order valence-corrected chi connectivity index (χ3v) is 2.31. The quantitative estimate of drug-likeness (QED) is 0.296. The molecule has 24 heavy (non-hydrogen) atoms. The molecule has 7 nitrogen and oxygen atoms in total. The number of nitrogens with one attached hydrogen (secondary N) is 1. The van der Waals surface area contributed by atoms with Crippen LogP contribution in [-0.2, 0) is 25.6 Å². The molecule has 0 fully saturated rings. The first-order valence-corrected chi connectivity index (χ1v) is 5.87. The van der Waals surface area contributed by atoms with Gasteiger partial charge in [0.1, 0.15) is 0 Å². The molecule has 2 N–H and O–H groups in total. The zero-order valence-electron chi connectivity index (χ0n) is 13.3. The number of hydrogen-bond acceptors (Lipinski definition) is 6. The Kier molecular flexibility index (Phi) is 17.9. The van der Waals surface area contributed by atoms with E-state index in [2.05, 4.69) is 5.32 Å². The van der Waals surface area contributed by atoms with Crippen LogP contribution in [0, 0.1) is 0 Å². The van der Waals surface area contributed by atoms with E-state index in [-0.39, 0.29) is 76.8 Å². The summed E-state index contributed by atoms with van der Waals surface area (Å²) in [6.07, 6.45) is 5.09. The van der Waals surface area contributed by atoms with Crippen molar-refractivity contribution < 1.29 is 88.9 Å². The predicted molar refractivity (Wildman–Crippen MR) is 74.7 cm³/mol. The summed E-state index contributed by atoms with van der Waals surface area (Å²) in [5.41, 5.74) is 1.16. The van der Waals surface area contributed by atoms with E-state index < -0.39 is 11.9 Å². The summed E-state index contributed by atoms with van der Waals surface area (Å²) in [6.45, 7) is 0. The fourth-order valence-electron chi connectivity index (χ4n) is 1.42. The van der Waals surface area contributed by atoms with Crippen molar-refractivity contribution in [2.24, 2.45) is 0 Å². The normalized spacial score (nSPS) is 9.33. The summed E-state index contributed by atoms with van der Waals surface area (Å²) in [6, 6.07) is 6.41. The largest absolute Gasteiger partial charge is 1.00 e. The standard InChI is InChI=1S/C15H12NO5.2Na.H2O/c17-9-1-2-14(19)16-12-5-3-11(4-6-12)10-13(18)7-8-15(20)21;;;/h1-8H,10H2,(H,16,19)(H,20,21);;;1H2/q-1;2*+1;/p-2/b2-1-,8-7-;;;. The van der Waals surface area contributed by atoms with Crippen molar-refractivity contribution in [3.8, 4) is 0 Å². The van der Waals surface area contributed by atoms with Gasteiger partial charge in [0, 0.05) is 12.1 Å². The van der Waals surface area contributed by atoms with Crippen molar-refractivity contribution in [3.63, 3.8) is 0 Å². The number of amides is 1. The van der Waals surface area contributed by atoms with Gasteiger partial charge in [-0.2, -0.15) is 6.08 Å². The van der Waals surface area contributed by atoms with Gasteiger partial charge in [-0.25, -0.2) is 0 Å². The fourth-order valence-corrected chi connectivity index (χ4v) is 1.42. The van der Waals surface area contributed by atoms with Gasteiger partial charge in [0.2, 0.25) is 0 Å². The first-order valence-electron chi connectivity index (χ1n) is 5.87. The van der Waals surface area contributed by atoms with Gasteiger partial charge in [0.15, 0.2) is 11.7 Å². The van der Waals surface area contributed by atoms with Crippen LogP contribution in [0.5, 0.6) is 0 Å². The smallest absolute Gasteiger partial charge is 0.870 e. The van der Waals surface area contributed by atoms with Crippen LogP contribution >= 0.6 is 0 Å². The Morgan fingerprint density at radius 1 is 1.04 bits per heavy atom. The van der Waals surface area contributed by atoms with Crippen LogP contribution in [0.2, 0.25) is 0 Å². The number of aliphatic carboxylic acids is 1. The number of hydrogen-bond donors (Lipinski definition) is 1. The maximum absolute atomic E-state index is 11.4. The molecule has 1 amide bonds. The summed E-state index contributed by atoms with van der Waals surface area (Å²) in [4.78, 5) is 42.8. The number of rotatable bonds is 7. The molecule has 0 aromatic heterocycles. The Morgan fingerprint density at radius 2 is 1.62 bits per heavy atom. The fraction of sp³-hybridized carbons (Fsp3) is 0.0667. The molecule has 1 aromatic carbocycles. The zero-order valence-corrected chi connectivity index (χ0v) is 17.3. The zero-order chi connectivity index (χ0) is 15.7. The monoisotopic (exact) mass is 348 g/mol. The summed E-state index contributed by atoms with van der Waals surface area (Å²) in [7, 11) is 0. The number of carboxylic acid groups (broad SMARTS) is 1. The van der Waals surface area contributed by atoms with E-state index in [1.54, 1.807) is 24.3 Å². The van der Waals surface area contributed by atoms with Crippen LogP contribution in [0.1, 0.15) is 5.56 Å². The maximum Gasteiger partial charge on any atom is 1.00 e. The second kappa shape index (κ2) is 15.5. The molecule has 0 spiro atoms. The second-order valence-electron chi connectivity index (χ2n) is 3.93. The van der Waals surface area contributed by atoms with Gasteiger partial charge in [0.05, 0.1) is 5.97 Å². The van der Waals surface area contributed by atoms with Crippen LogP contribution in [-0.4, -0.2) is 29.4 Å². The predicted octanol–water partition coefficient (Wildman–Crippen LogP) is -6.46. The number of ketones is 1. The molecule has 0 saturated carbocycles. The number of benzene rings is 1. The van der Waals surface area contributed by atoms with Gasteiger partial charge in [-0.3, -0.25) is 9.59 Å². The Balaban J connectivity index is -0.00000147. The number of allylic oxidation sites excluding steroid dienone is 2. The number of carboxylic acids is 1. The number of anilines is 1.